The normalized spacial score (nSPS) is 13.0. The highest BCUT2D eigenvalue weighted by atomic mass is 19.1. The molecule has 0 fully saturated rings. The Morgan fingerprint density at radius 2 is 1.94 bits per heavy atom. The maximum atomic E-state index is 13.8. The number of hydrogen-bond donors (Lipinski definition) is 0. The molecule has 100 valence electrons. The maximum absolute atomic E-state index is 13.8. The van der Waals surface area contributed by atoms with Crippen LogP contribution in [0.25, 0.3) is 0 Å². The fraction of sp³-hybridized carbons (Fsp3) is 0.500. The first-order chi connectivity index (χ1) is 8.24. The monoisotopic (exact) mass is 254 g/mol. The molecule has 0 aliphatic heterocycles. The van der Waals surface area contributed by atoms with Gasteiger partial charge in [-0.05, 0) is 33.8 Å². The quantitative estimate of drug-likeness (QED) is 0.776. The van der Waals surface area contributed by atoms with E-state index >= 15 is 0 Å². The first-order valence-corrected chi connectivity index (χ1v) is 5.81. The Hall–Kier alpha value is -1.58. The Morgan fingerprint density at radius 3 is 2.39 bits per heavy atom. The van der Waals surface area contributed by atoms with Crippen LogP contribution in [0.3, 0.4) is 0 Å². The number of carbonyl (C=O) groups excluding carboxylic acids is 1. The van der Waals surface area contributed by atoms with Crippen LogP contribution in [0, 0.1) is 5.82 Å². The smallest absolute Gasteiger partial charge is 0.313 e. The van der Waals surface area contributed by atoms with Crippen LogP contribution in [0.15, 0.2) is 18.2 Å². The third-order valence-corrected chi connectivity index (χ3v) is 2.43. The van der Waals surface area contributed by atoms with Crippen molar-refractivity contribution in [2.24, 2.45) is 0 Å². The van der Waals surface area contributed by atoms with E-state index in [-0.39, 0.29) is 0 Å². The molecule has 0 aliphatic carbocycles. The van der Waals surface area contributed by atoms with Crippen molar-refractivity contribution in [3.8, 4) is 5.75 Å². The molecule has 4 heteroatoms. The van der Waals surface area contributed by atoms with Crippen molar-refractivity contribution in [3.63, 3.8) is 0 Å². The van der Waals surface area contributed by atoms with Gasteiger partial charge in [0.05, 0.1) is 13.0 Å². The number of carbonyl (C=O) groups is 1. The average molecular weight is 254 g/mol. The molecule has 0 aliphatic rings. The molecule has 1 unspecified atom stereocenters. The Kier molecular flexibility index (Phi) is 4.33. The molecular weight excluding hydrogens is 235 g/mol. The highest BCUT2D eigenvalue weighted by Crippen LogP contribution is 2.25. The van der Waals surface area contributed by atoms with Gasteiger partial charge in [-0.3, -0.25) is 4.79 Å². The molecule has 1 aromatic carbocycles. The lowest BCUT2D eigenvalue weighted by molar-refractivity contribution is -0.156. The van der Waals surface area contributed by atoms with Gasteiger partial charge in [0.25, 0.3) is 0 Å². The summed E-state index contributed by atoms with van der Waals surface area (Å²) < 4.78 is 23.9. The predicted octanol–water partition coefficient (Wildman–Crippen LogP) is 3.28. The van der Waals surface area contributed by atoms with Crippen LogP contribution in [-0.4, -0.2) is 18.7 Å². The molecule has 1 aromatic rings. The zero-order valence-corrected chi connectivity index (χ0v) is 11.4. The SMILES string of the molecule is COc1ccc(C(C)C(=O)OC(C)(C)C)c(F)c1. The van der Waals surface area contributed by atoms with Gasteiger partial charge in [-0.1, -0.05) is 6.07 Å². The van der Waals surface area contributed by atoms with Crippen LogP contribution in [-0.2, 0) is 9.53 Å². The minimum Gasteiger partial charge on any atom is -0.497 e. The van der Waals surface area contributed by atoms with Crippen LogP contribution in [0.1, 0.15) is 39.2 Å². The summed E-state index contributed by atoms with van der Waals surface area (Å²) in [7, 11) is 1.46. The number of esters is 1. The zero-order valence-electron chi connectivity index (χ0n) is 11.4. The molecule has 0 aromatic heterocycles. The van der Waals surface area contributed by atoms with Crippen LogP contribution in [0.2, 0.25) is 0 Å². The topological polar surface area (TPSA) is 35.5 Å². The summed E-state index contributed by atoms with van der Waals surface area (Å²) in [4.78, 5) is 11.8. The van der Waals surface area contributed by atoms with Crippen molar-refractivity contribution < 1.29 is 18.7 Å². The zero-order chi connectivity index (χ0) is 13.9. The van der Waals surface area contributed by atoms with E-state index in [4.69, 9.17) is 9.47 Å². The Morgan fingerprint density at radius 1 is 1.33 bits per heavy atom. The van der Waals surface area contributed by atoms with E-state index in [1.54, 1.807) is 39.8 Å². The van der Waals surface area contributed by atoms with E-state index in [0.29, 0.717) is 11.3 Å². The summed E-state index contributed by atoms with van der Waals surface area (Å²) >= 11 is 0. The van der Waals surface area contributed by atoms with Gasteiger partial charge in [0.2, 0.25) is 0 Å². The Bertz CT molecular complexity index is 435. The van der Waals surface area contributed by atoms with E-state index < -0.39 is 23.3 Å². The first-order valence-electron chi connectivity index (χ1n) is 5.81. The molecule has 0 heterocycles. The summed E-state index contributed by atoms with van der Waals surface area (Å²) in [5.41, 5.74) is -0.265. The van der Waals surface area contributed by atoms with Crippen LogP contribution >= 0.6 is 0 Å². The number of rotatable bonds is 3. The van der Waals surface area contributed by atoms with E-state index in [1.165, 1.54) is 13.2 Å². The van der Waals surface area contributed by atoms with E-state index in [2.05, 4.69) is 0 Å². The molecule has 0 spiro atoms. The lowest BCUT2D eigenvalue weighted by Gasteiger charge is -2.22. The molecule has 1 rings (SSSR count). The minimum absolute atomic E-state index is 0.310. The second kappa shape index (κ2) is 5.38. The average Bonchev–Trinajstić information content (AvgIpc) is 2.25. The van der Waals surface area contributed by atoms with E-state index in [1.807, 2.05) is 0 Å². The molecule has 0 saturated carbocycles. The molecule has 3 nitrogen and oxygen atoms in total. The van der Waals surface area contributed by atoms with Gasteiger partial charge in [0.15, 0.2) is 0 Å². The van der Waals surface area contributed by atoms with Gasteiger partial charge in [-0.15, -0.1) is 0 Å². The molecule has 0 amide bonds. The van der Waals surface area contributed by atoms with Gasteiger partial charge in [0.1, 0.15) is 17.2 Å². The lowest BCUT2D eigenvalue weighted by Crippen LogP contribution is -2.27. The number of methoxy groups -OCH3 is 1. The Balaban J connectivity index is 2.90. The molecular formula is C14H19FO3. The Labute approximate surface area is 107 Å². The number of halogens is 1. The van der Waals surface area contributed by atoms with Crippen molar-refractivity contribution in [1.29, 1.82) is 0 Å². The third-order valence-electron chi connectivity index (χ3n) is 2.43. The van der Waals surface area contributed by atoms with Crippen molar-refractivity contribution in [1.82, 2.24) is 0 Å². The molecule has 0 N–H and O–H groups in total. The van der Waals surface area contributed by atoms with Crippen LogP contribution in [0.4, 0.5) is 4.39 Å². The van der Waals surface area contributed by atoms with Gasteiger partial charge in [0, 0.05) is 11.6 Å². The molecule has 0 bridgehead atoms. The van der Waals surface area contributed by atoms with Gasteiger partial charge < -0.3 is 9.47 Å². The standard InChI is InChI=1S/C14H19FO3/c1-9(13(16)18-14(2,3)4)11-7-6-10(17-5)8-12(11)15/h6-9H,1-5H3. The largest absolute Gasteiger partial charge is 0.497 e. The lowest BCUT2D eigenvalue weighted by atomic mass is 10.00. The fourth-order valence-corrected chi connectivity index (χ4v) is 1.50. The van der Waals surface area contributed by atoms with Crippen molar-refractivity contribution in [2.45, 2.75) is 39.2 Å². The number of ether oxygens (including phenoxy) is 2. The summed E-state index contributed by atoms with van der Waals surface area (Å²) in [6.07, 6.45) is 0. The van der Waals surface area contributed by atoms with Crippen molar-refractivity contribution >= 4 is 5.97 Å². The van der Waals surface area contributed by atoms with Crippen molar-refractivity contribution in [2.75, 3.05) is 7.11 Å². The summed E-state index contributed by atoms with van der Waals surface area (Å²) in [6, 6.07) is 4.43. The minimum atomic E-state index is -0.643. The number of benzene rings is 1. The first kappa shape index (κ1) is 14.5. The van der Waals surface area contributed by atoms with E-state index in [9.17, 15) is 9.18 Å². The highest BCUT2D eigenvalue weighted by molar-refractivity contribution is 5.78. The molecule has 1 atom stereocenters. The predicted molar refractivity (Wildman–Crippen MR) is 67.2 cm³/mol. The third kappa shape index (κ3) is 3.72. The molecule has 18 heavy (non-hydrogen) atoms. The molecule has 0 saturated heterocycles. The van der Waals surface area contributed by atoms with Gasteiger partial charge >= 0.3 is 5.97 Å². The maximum Gasteiger partial charge on any atom is 0.313 e. The van der Waals surface area contributed by atoms with Crippen LogP contribution in [0.5, 0.6) is 5.75 Å². The summed E-state index contributed by atoms with van der Waals surface area (Å²) in [5, 5.41) is 0. The summed E-state index contributed by atoms with van der Waals surface area (Å²) in [5.74, 6) is -1.12. The van der Waals surface area contributed by atoms with Crippen LogP contribution < -0.4 is 4.74 Å². The van der Waals surface area contributed by atoms with E-state index in [0.717, 1.165) is 0 Å². The van der Waals surface area contributed by atoms with Crippen molar-refractivity contribution in [3.05, 3.63) is 29.6 Å². The number of hydrogen-bond acceptors (Lipinski definition) is 3. The highest BCUT2D eigenvalue weighted by Gasteiger charge is 2.25. The second-order valence-electron chi connectivity index (χ2n) is 5.14. The second-order valence-corrected chi connectivity index (χ2v) is 5.14. The van der Waals surface area contributed by atoms with Gasteiger partial charge in [-0.2, -0.15) is 0 Å². The fourth-order valence-electron chi connectivity index (χ4n) is 1.50. The molecule has 0 radical (unpaired) electrons. The van der Waals surface area contributed by atoms with Gasteiger partial charge in [-0.25, -0.2) is 4.39 Å². The summed E-state index contributed by atoms with van der Waals surface area (Å²) in [6.45, 7) is 6.96.